The smallest absolute Gasteiger partial charge is 0.277 e. The molecule has 0 aliphatic heterocycles. The molecule has 1 heterocycles. The van der Waals surface area contributed by atoms with Crippen LogP contribution in [-0.4, -0.2) is 21.2 Å². The van der Waals surface area contributed by atoms with Gasteiger partial charge in [-0.25, -0.2) is 13.2 Å². The Morgan fingerprint density at radius 1 is 1.12 bits per heavy atom. The molecule has 1 amide bonds. The van der Waals surface area contributed by atoms with Crippen molar-refractivity contribution in [1.29, 1.82) is 0 Å². The summed E-state index contributed by atoms with van der Waals surface area (Å²) in [6.07, 6.45) is 0. The second-order valence-electron chi connectivity index (χ2n) is 8.16. The van der Waals surface area contributed by atoms with Crippen LogP contribution in [0.1, 0.15) is 30.7 Å². The highest BCUT2D eigenvalue weighted by Crippen LogP contribution is 2.26. The molecule has 180 valence electrons. The third-order valence-corrected chi connectivity index (χ3v) is 5.31. The number of nitrogens with one attached hydrogen (secondary N) is 1. The quantitative estimate of drug-likeness (QED) is 0.516. The number of aryl methyl sites for hydroxylation is 1. The molecule has 3 rings (SSSR count). The van der Waals surface area contributed by atoms with E-state index in [9.17, 15) is 27.9 Å². The molecule has 2 N–H and O–H groups in total. The molecule has 0 unspecified atom stereocenters. The van der Waals surface area contributed by atoms with Crippen LogP contribution in [0.25, 0.3) is 5.69 Å². The van der Waals surface area contributed by atoms with E-state index in [-0.39, 0.29) is 40.9 Å². The molecule has 0 saturated heterocycles. The molecule has 0 spiro atoms. The van der Waals surface area contributed by atoms with Crippen molar-refractivity contribution in [2.75, 3.05) is 0 Å². The summed E-state index contributed by atoms with van der Waals surface area (Å²) in [6.45, 7) is 3.88. The third-order valence-electron chi connectivity index (χ3n) is 4.96. The van der Waals surface area contributed by atoms with Gasteiger partial charge in [-0.3, -0.25) is 14.2 Å². The summed E-state index contributed by atoms with van der Waals surface area (Å²) in [6, 6.07) is 8.34. The molecule has 10 heteroatoms. The number of rotatable bonds is 7. The minimum absolute atomic E-state index is 0.0118. The van der Waals surface area contributed by atoms with E-state index in [2.05, 4.69) is 5.32 Å². The molecule has 6 nitrogen and oxygen atoms in total. The van der Waals surface area contributed by atoms with E-state index >= 15 is 0 Å². The van der Waals surface area contributed by atoms with Gasteiger partial charge < -0.3 is 15.2 Å². The van der Waals surface area contributed by atoms with Crippen molar-refractivity contribution in [3.05, 3.63) is 92.1 Å². The topological polar surface area (TPSA) is 80.6 Å². The van der Waals surface area contributed by atoms with Gasteiger partial charge in [0.2, 0.25) is 0 Å². The highest BCUT2D eigenvalue weighted by Gasteiger charge is 2.23. The summed E-state index contributed by atoms with van der Waals surface area (Å²) in [4.78, 5) is 24.8. The Balaban J connectivity index is 1.90. The lowest BCUT2D eigenvalue weighted by molar-refractivity contribution is -0.136. The maximum Gasteiger partial charge on any atom is 0.277 e. The summed E-state index contributed by atoms with van der Waals surface area (Å²) >= 11 is 6.18. The zero-order chi connectivity index (χ0) is 25.2. The average Bonchev–Trinajstić information content (AvgIpc) is 2.75. The number of carbonyl (C=O) groups is 1. The van der Waals surface area contributed by atoms with Gasteiger partial charge in [-0.05, 0) is 50.6 Å². The van der Waals surface area contributed by atoms with E-state index in [4.69, 9.17) is 16.3 Å². The number of pyridine rings is 1. The Morgan fingerprint density at radius 2 is 1.82 bits per heavy atom. The Kier molecular flexibility index (Phi) is 7.38. The normalized spacial score (nSPS) is 11.4. The first kappa shape index (κ1) is 25.3. The van der Waals surface area contributed by atoms with E-state index in [0.717, 1.165) is 16.7 Å². The van der Waals surface area contributed by atoms with Gasteiger partial charge in [0.15, 0.2) is 0 Å². The van der Waals surface area contributed by atoms with Crippen molar-refractivity contribution < 1.29 is 27.8 Å². The standard InChI is InChI=1S/C24H22ClF3N2O4/c1-13-8-20(34-12-15-5-6-16(26)10-18(15)28)21(25)22(31)30(13)19-9-14(4-7-17(19)27)11-29-23(32)24(2,3)33/h4-10,33H,11-12H2,1-3H3,(H,29,32). The van der Waals surface area contributed by atoms with Crippen molar-refractivity contribution in [2.45, 2.75) is 39.5 Å². The van der Waals surface area contributed by atoms with Crippen LogP contribution in [0, 0.1) is 24.4 Å². The number of carbonyl (C=O) groups excluding carboxylic acids is 1. The fourth-order valence-corrected chi connectivity index (χ4v) is 3.31. The second-order valence-corrected chi connectivity index (χ2v) is 8.53. The number of nitrogens with zero attached hydrogens (tertiary/aromatic N) is 1. The monoisotopic (exact) mass is 494 g/mol. The van der Waals surface area contributed by atoms with E-state index in [1.165, 1.54) is 45.0 Å². The summed E-state index contributed by atoms with van der Waals surface area (Å²) in [5, 5.41) is 11.9. The molecule has 0 saturated carbocycles. The first-order valence-electron chi connectivity index (χ1n) is 10.2. The zero-order valence-electron chi connectivity index (χ0n) is 18.6. The molecular weight excluding hydrogens is 473 g/mol. The Labute approximate surface area is 198 Å². The van der Waals surface area contributed by atoms with Gasteiger partial charge in [-0.1, -0.05) is 17.7 Å². The van der Waals surface area contributed by atoms with Crippen LogP contribution in [0.15, 0.2) is 47.3 Å². The van der Waals surface area contributed by atoms with Gasteiger partial charge in [0, 0.05) is 29.9 Å². The van der Waals surface area contributed by atoms with Crippen LogP contribution in [0.5, 0.6) is 5.75 Å². The van der Waals surface area contributed by atoms with Crippen LogP contribution >= 0.6 is 11.6 Å². The fraction of sp³-hybridized carbons (Fsp3) is 0.250. The third kappa shape index (κ3) is 5.60. The van der Waals surface area contributed by atoms with E-state index in [0.29, 0.717) is 11.6 Å². The number of benzene rings is 2. The van der Waals surface area contributed by atoms with Gasteiger partial charge in [0.25, 0.3) is 11.5 Å². The minimum atomic E-state index is -1.59. The van der Waals surface area contributed by atoms with Crippen LogP contribution in [0.4, 0.5) is 13.2 Å². The zero-order valence-corrected chi connectivity index (χ0v) is 19.3. The minimum Gasteiger partial charge on any atom is -0.487 e. The molecule has 0 aliphatic carbocycles. The van der Waals surface area contributed by atoms with Crippen molar-refractivity contribution in [1.82, 2.24) is 9.88 Å². The molecule has 0 radical (unpaired) electrons. The van der Waals surface area contributed by atoms with Gasteiger partial charge in [0.05, 0.1) is 5.69 Å². The number of hydrogen-bond donors (Lipinski definition) is 2. The number of hydrogen-bond acceptors (Lipinski definition) is 4. The van der Waals surface area contributed by atoms with Crippen molar-refractivity contribution >= 4 is 17.5 Å². The maximum atomic E-state index is 14.6. The molecule has 34 heavy (non-hydrogen) atoms. The highest BCUT2D eigenvalue weighted by molar-refractivity contribution is 6.31. The average molecular weight is 495 g/mol. The molecule has 0 atom stereocenters. The largest absolute Gasteiger partial charge is 0.487 e. The predicted octanol–water partition coefficient (Wildman–Crippen LogP) is 4.18. The van der Waals surface area contributed by atoms with E-state index in [1.807, 2.05) is 0 Å². The van der Waals surface area contributed by atoms with Gasteiger partial charge in [-0.2, -0.15) is 0 Å². The van der Waals surface area contributed by atoms with E-state index < -0.39 is 34.5 Å². The molecule has 1 aromatic heterocycles. The van der Waals surface area contributed by atoms with E-state index in [1.54, 1.807) is 0 Å². The fourth-order valence-electron chi connectivity index (χ4n) is 3.12. The molecule has 0 aliphatic rings. The van der Waals surface area contributed by atoms with Gasteiger partial charge >= 0.3 is 0 Å². The van der Waals surface area contributed by atoms with Crippen molar-refractivity contribution in [2.24, 2.45) is 0 Å². The highest BCUT2D eigenvalue weighted by atomic mass is 35.5. The second kappa shape index (κ2) is 9.90. The predicted molar refractivity (Wildman–Crippen MR) is 121 cm³/mol. The lowest BCUT2D eigenvalue weighted by Gasteiger charge is -2.18. The Bertz CT molecular complexity index is 1300. The van der Waals surface area contributed by atoms with Crippen LogP contribution in [0.3, 0.4) is 0 Å². The lowest BCUT2D eigenvalue weighted by atomic mass is 10.1. The number of ether oxygens (including phenoxy) is 1. The molecule has 2 aromatic carbocycles. The Morgan fingerprint density at radius 3 is 2.47 bits per heavy atom. The summed E-state index contributed by atoms with van der Waals surface area (Å²) in [5.41, 5.74) is -1.64. The van der Waals surface area contributed by atoms with Gasteiger partial charge in [0.1, 0.15) is 40.4 Å². The molecule has 3 aromatic rings. The SMILES string of the molecule is Cc1cc(OCc2ccc(F)cc2F)c(Cl)c(=O)n1-c1cc(CNC(=O)C(C)(C)O)ccc1F. The first-order chi connectivity index (χ1) is 15.9. The van der Waals surface area contributed by atoms with Crippen LogP contribution < -0.4 is 15.6 Å². The maximum absolute atomic E-state index is 14.6. The van der Waals surface area contributed by atoms with Crippen molar-refractivity contribution in [3.63, 3.8) is 0 Å². The Hall–Kier alpha value is -3.30. The molecular formula is C24H22ClF3N2O4. The van der Waals surface area contributed by atoms with Crippen molar-refractivity contribution in [3.8, 4) is 11.4 Å². The number of aromatic nitrogens is 1. The summed E-state index contributed by atoms with van der Waals surface area (Å²) in [5.74, 6) is -2.91. The summed E-state index contributed by atoms with van der Waals surface area (Å²) in [7, 11) is 0. The van der Waals surface area contributed by atoms with Crippen LogP contribution in [0.2, 0.25) is 5.02 Å². The molecule has 0 fully saturated rings. The lowest BCUT2D eigenvalue weighted by Crippen LogP contribution is -2.41. The number of amides is 1. The van der Waals surface area contributed by atoms with Gasteiger partial charge in [-0.15, -0.1) is 0 Å². The first-order valence-corrected chi connectivity index (χ1v) is 10.5. The number of halogens is 4. The number of aliphatic hydroxyl groups is 1. The molecule has 0 bridgehead atoms. The van der Waals surface area contributed by atoms with Crippen LogP contribution in [-0.2, 0) is 17.9 Å². The summed E-state index contributed by atoms with van der Waals surface area (Å²) < 4.78 is 48.1.